The second-order valence-electron chi connectivity index (χ2n) is 4.66. The summed E-state index contributed by atoms with van der Waals surface area (Å²) in [6, 6.07) is 15.1. The summed E-state index contributed by atoms with van der Waals surface area (Å²) in [6.07, 6.45) is 0.392. The van der Waals surface area contributed by atoms with Crippen molar-refractivity contribution in [1.82, 2.24) is 0 Å². The maximum absolute atomic E-state index is 11.8. The van der Waals surface area contributed by atoms with Gasteiger partial charge in [-0.25, -0.2) is 0 Å². The first-order valence-electron chi connectivity index (χ1n) is 6.80. The van der Waals surface area contributed by atoms with E-state index in [0.717, 1.165) is 22.9 Å². The first kappa shape index (κ1) is 13.3. The van der Waals surface area contributed by atoms with Gasteiger partial charge in [0, 0.05) is 30.4 Å². The fraction of sp³-hybridized carbons (Fsp3) is 0.188. The van der Waals surface area contributed by atoms with Crippen molar-refractivity contribution in [2.45, 2.75) is 6.42 Å². The Kier molecular flexibility index (Phi) is 3.91. The van der Waals surface area contributed by atoms with Crippen molar-refractivity contribution < 1.29 is 14.3 Å². The van der Waals surface area contributed by atoms with Crippen LogP contribution >= 0.6 is 0 Å². The molecule has 0 unspecified atom stereocenters. The zero-order valence-electron chi connectivity index (χ0n) is 11.5. The van der Waals surface area contributed by atoms with Crippen LogP contribution in [0.3, 0.4) is 0 Å². The fourth-order valence-electron chi connectivity index (χ4n) is 2.07. The normalized spacial score (nSPS) is 12.0. The molecule has 21 heavy (non-hydrogen) atoms. The molecule has 3 rings (SSSR count). The third-order valence-corrected chi connectivity index (χ3v) is 3.11. The number of carbonyl (C=O) groups is 1. The van der Waals surface area contributed by atoms with Gasteiger partial charge in [0.15, 0.2) is 11.5 Å². The topological polar surface area (TPSA) is 59.6 Å². The largest absolute Gasteiger partial charge is 0.454 e. The van der Waals surface area contributed by atoms with Gasteiger partial charge < -0.3 is 20.1 Å². The molecule has 0 spiro atoms. The highest BCUT2D eigenvalue weighted by atomic mass is 16.7. The molecule has 1 aliphatic heterocycles. The predicted octanol–water partition coefficient (Wildman–Crippen LogP) is 2.86. The molecule has 1 amide bonds. The van der Waals surface area contributed by atoms with Crippen molar-refractivity contribution in [3.63, 3.8) is 0 Å². The van der Waals surface area contributed by atoms with Crippen molar-refractivity contribution in [1.29, 1.82) is 0 Å². The first-order chi connectivity index (χ1) is 10.3. The minimum atomic E-state index is -0.0190. The number of fused-ring (bicyclic) bond motifs is 1. The molecule has 1 aliphatic rings. The summed E-state index contributed by atoms with van der Waals surface area (Å²) in [5.41, 5.74) is 1.72. The van der Waals surface area contributed by atoms with Crippen molar-refractivity contribution >= 4 is 17.3 Å². The number of para-hydroxylation sites is 1. The van der Waals surface area contributed by atoms with Crippen molar-refractivity contribution in [3.05, 3.63) is 48.5 Å². The summed E-state index contributed by atoms with van der Waals surface area (Å²) in [6.45, 7) is 0.816. The molecule has 2 aromatic rings. The van der Waals surface area contributed by atoms with Crippen molar-refractivity contribution in [2.24, 2.45) is 0 Å². The number of benzene rings is 2. The summed E-state index contributed by atoms with van der Waals surface area (Å²) in [5.74, 6) is 1.46. The molecule has 0 saturated heterocycles. The van der Waals surface area contributed by atoms with Crippen LogP contribution in [0.1, 0.15) is 6.42 Å². The Hall–Kier alpha value is -2.69. The molecule has 0 aromatic heterocycles. The molecular weight excluding hydrogens is 268 g/mol. The standard InChI is InChI=1S/C16H16N2O3/c19-16(18-12-4-2-1-3-5-12)8-9-17-13-6-7-14-15(10-13)21-11-20-14/h1-7,10,17H,8-9,11H2,(H,18,19). The van der Waals surface area contributed by atoms with Crippen LogP contribution in [0.4, 0.5) is 11.4 Å². The van der Waals surface area contributed by atoms with Crippen LogP contribution in [0.5, 0.6) is 11.5 Å². The molecule has 2 aromatic carbocycles. The molecule has 0 aliphatic carbocycles. The van der Waals surface area contributed by atoms with Crippen LogP contribution in [-0.4, -0.2) is 19.2 Å². The Morgan fingerprint density at radius 1 is 1.00 bits per heavy atom. The minimum Gasteiger partial charge on any atom is -0.454 e. The Balaban J connectivity index is 1.46. The van der Waals surface area contributed by atoms with Gasteiger partial charge in [0.1, 0.15) is 0 Å². The number of amides is 1. The minimum absolute atomic E-state index is 0.0190. The summed E-state index contributed by atoms with van der Waals surface area (Å²) in [4.78, 5) is 11.8. The number of hydrogen-bond acceptors (Lipinski definition) is 4. The van der Waals surface area contributed by atoms with Crippen LogP contribution in [0.2, 0.25) is 0 Å². The molecule has 0 bridgehead atoms. The van der Waals surface area contributed by atoms with E-state index in [9.17, 15) is 4.79 Å². The fourth-order valence-corrected chi connectivity index (χ4v) is 2.07. The quantitative estimate of drug-likeness (QED) is 0.886. The Bertz CT molecular complexity index is 629. The Morgan fingerprint density at radius 2 is 1.81 bits per heavy atom. The highest BCUT2D eigenvalue weighted by Crippen LogP contribution is 2.34. The first-order valence-corrected chi connectivity index (χ1v) is 6.80. The number of rotatable bonds is 5. The van der Waals surface area contributed by atoms with Gasteiger partial charge in [-0.1, -0.05) is 18.2 Å². The van der Waals surface area contributed by atoms with Crippen LogP contribution in [0, 0.1) is 0 Å². The van der Waals surface area contributed by atoms with Crippen LogP contribution < -0.4 is 20.1 Å². The third-order valence-electron chi connectivity index (χ3n) is 3.11. The van der Waals surface area contributed by atoms with Gasteiger partial charge in [-0.3, -0.25) is 4.79 Å². The lowest BCUT2D eigenvalue weighted by atomic mass is 10.2. The van der Waals surface area contributed by atoms with Crippen LogP contribution in [0.25, 0.3) is 0 Å². The number of carbonyl (C=O) groups excluding carboxylic acids is 1. The number of anilines is 2. The molecule has 0 radical (unpaired) electrons. The van der Waals surface area contributed by atoms with Gasteiger partial charge in [0.2, 0.25) is 12.7 Å². The molecule has 5 heteroatoms. The third kappa shape index (κ3) is 3.45. The Labute approximate surface area is 122 Å². The number of ether oxygens (including phenoxy) is 2. The zero-order valence-corrected chi connectivity index (χ0v) is 11.5. The lowest BCUT2D eigenvalue weighted by molar-refractivity contribution is -0.115. The SMILES string of the molecule is O=C(CCNc1ccc2c(c1)OCO2)Nc1ccccc1. The maximum Gasteiger partial charge on any atom is 0.231 e. The van der Waals surface area contributed by atoms with E-state index in [2.05, 4.69) is 10.6 Å². The molecule has 1 heterocycles. The molecule has 0 fully saturated rings. The van der Waals surface area contributed by atoms with Gasteiger partial charge in [-0.05, 0) is 24.3 Å². The van der Waals surface area contributed by atoms with Crippen LogP contribution in [-0.2, 0) is 4.79 Å². The van der Waals surface area contributed by atoms with Gasteiger partial charge >= 0.3 is 0 Å². The van der Waals surface area contributed by atoms with Gasteiger partial charge in [0.25, 0.3) is 0 Å². The van der Waals surface area contributed by atoms with E-state index in [1.807, 2.05) is 48.5 Å². The van der Waals surface area contributed by atoms with E-state index >= 15 is 0 Å². The smallest absolute Gasteiger partial charge is 0.231 e. The second kappa shape index (κ2) is 6.17. The maximum atomic E-state index is 11.8. The average molecular weight is 284 g/mol. The van der Waals surface area contributed by atoms with E-state index in [4.69, 9.17) is 9.47 Å². The molecule has 2 N–H and O–H groups in total. The highest BCUT2D eigenvalue weighted by Gasteiger charge is 2.13. The Morgan fingerprint density at radius 3 is 2.67 bits per heavy atom. The van der Waals surface area contributed by atoms with E-state index in [0.29, 0.717) is 13.0 Å². The summed E-state index contributed by atoms with van der Waals surface area (Å²) in [5, 5.41) is 6.04. The molecule has 0 atom stereocenters. The highest BCUT2D eigenvalue weighted by molar-refractivity contribution is 5.90. The van der Waals surface area contributed by atoms with E-state index in [1.54, 1.807) is 0 Å². The lowest BCUT2D eigenvalue weighted by Crippen LogP contribution is -2.16. The van der Waals surface area contributed by atoms with Gasteiger partial charge in [-0.2, -0.15) is 0 Å². The summed E-state index contributed by atoms with van der Waals surface area (Å²) in [7, 11) is 0. The second-order valence-corrected chi connectivity index (χ2v) is 4.66. The zero-order chi connectivity index (χ0) is 14.5. The van der Waals surface area contributed by atoms with E-state index in [-0.39, 0.29) is 12.7 Å². The van der Waals surface area contributed by atoms with Gasteiger partial charge in [0.05, 0.1) is 0 Å². The lowest BCUT2D eigenvalue weighted by Gasteiger charge is -2.08. The summed E-state index contributed by atoms with van der Waals surface area (Å²) >= 11 is 0. The monoisotopic (exact) mass is 284 g/mol. The van der Waals surface area contributed by atoms with Crippen LogP contribution in [0.15, 0.2) is 48.5 Å². The molecule has 0 saturated carbocycles. The van der Waals surface area contributed by atoms with Crippen molar-refractivity contribution in [2.75, 3.05) is 24.0 Å². The molecular formula is C16H16N2O3. The number of hydrogen-bond donors (Lipinski definition) is 2. The van der Waals surface area contributed by atoms with Gasteiger partial charge in [-0.15, -0.1) is 0 Å². The molecule has 5 nitrogen and oxygen atoms in total. The molecule has 108 valence electrons. The number of nitrogens with one attached hydrogen (secondary N) is 2. The van der Waals surface area contributed by atoms with E-state index < -0.39 is 0 Å². The van der Waals surface area contributed by atoms with E-state index in [1.165, 1.54) is 0 Å². The average Bonchev–Trinajstić information content (AvgIpc) is 2.96. The predicted molar refractivity (Wildman–Crippen MR) is 80.7 cm³/mol. The van der Waals surface area contributed by atoms with Crippen molar-refractivity contribution in [3.8, 4) is 11.5 Å². The summed E-state index contributed by atoms with van der Waals surface area (Å²) < 4.78 is 10.6.